The molecule has 0 atom stereocenters. The van der Waals surface area contributed by atoms with E-state index in [9.17, 15) is 14.4 Å². The molecule has 4 aromatic carbocycles. The first-order valence-electron chi connectivity index (χ1n) is 13.0. The Morgan fingerprint density at radius 2 is 1.42 bits per heavy atom. The second-order valence-corrected chi connectivity index (χ2v) is 10.0. The quantitative estimate of drug-likeness (QED) is 0.366. The highest BCUT2D eigenvalue weighted by atomic mass is 16.2. The molecular formula is C32H29N3O3. The number of amides is 3. The molecule has 3 amide bonds. The highest BCUT2D eigenvalue weighted by molar-refractivity contribution is 6.23. The summed E-state index contributed by atoms with van der Waals surface area (Å²) in [6.07, 6.45) is 0.392. The van der Waals surface area contributed by atoms with Crippen LogP contribution in [0.1, 0.15) is 37.4 Å². The third-order valence-electron chi connectivity index (χ3n) is 7.76. The summed E-state index contributed by atoms with van der Waals surface area (Å²) in [5.41, 5.74) is 4.81. The monoisotopic (exact) mass is 503 g/mol. The summed E-state index contributed by atoms with van der Waals surface area (Å²) in [5.74, 6) is -0.400. The lowest BCUT2D eigenvalue weighted by Crippen LogP contribution is -2.49. The maximum atomic E-state index is 13.6. The van der Waals surface area contributed by atoms with Crippen molar-refractivity contribution >= 4 is 34.2 Å². The minimum Gasteiger partial charge on any atom is -0.367 e. The number of rotatable bonds is 5. The molecule has 0 N–H and O–H groups in total. The number of fused-ring (bicyclic) bond motifs is 2. The molecule has 0 radical (unpaired) electrons. The van der Waals surface area contributed by atoms with Gasteiger partial charge in [0.25, 0.3) is 11.8 Å². The molecule has 6 heteroatoms. The number of carbonyl (C=O) groups excluding carboxylic acids is 3. The average molecular weight is 504 g/mol. The van der Waals surface area contributed by atoms with Gasteiger partial charge in [-0.15, -0.1) is 0 Å². The minimum atomic E-state index is -0.258. The van der Waals surface area contributed by atoms with Gasteiger partial charge in [-0.05, 0) is 46.5 Å². The van der Waals surface area contributed by atoms with Crippen LogP contribution in [0, 0.1) is 6.92 Å². The standard InChI is InChI=1S/C32H29N3O3/c1-22-8-2-3-10-24(22)20-29(36)34-18-16-33(17-19-34)28-15-7-14-27-30(28)32(38)35(31(27)37)21-25-12-6-11-23-9-4-5-13-26(23)25/h2-15H,16-21H2,1H3. The third kappa shape index (κ3) is 4.22. The molecule has 0 saturated carbocycles. The van der Waals surface area contributed by atoms with E-state index in [2.05, 4.69) is 4.90 Å². The van der Waals surface area contributed by atoms with Gasteiger partial charge in [0.2, 0.25) is 5.91 Å². The maximum Gasteiger partial charge on any atom is 0.263 e. The summed E-state index contributed by atoms with van der Waals surface area (Å²) in [4.78, 5) is 45.3. The average Bonchev–Trinajstić information content (AvgIpc) is 3.19. The Labute approximate surface area is 222 Å². The Morgan fingerprint density at radius 3 is 2.24 bits per heavy atom. The summed E-state index contributed by atoms with van der Waals surface area (Å²) < 4.78 is 0. The number of carbonyl (C=O) groups is 3. The van der Waals surface area contributed by atoms with Crippen molar-refractivity contribution in [2.45, 2.75) is 19.9 Å². The van der Waals surface area contributed by atoms with Crippen molar-refractivity contribution in [3.05, 3.63) is 113 Å². The Balaban J connectivity index is 1.19. The van der Waals surface area contributed by atoms with Gasteiger partial charge in [-0.3, -0.25) is 19.3 Å². The van der Waals surface area contributed by atoms with E-state index >= 15 is 0 Å². The predicted octanol–water partition coefficient (Wildman–Crippen LogP) is 4.84. The Kier molecular flexibility index (Phi) is 6.16. The zero-order chi connectivity index (χ0) is 26.2. The number of piperazine rings is 1. The largest absolute Gasteiger partial charge is 0.367 e. The second-order valence-electron chi connectivity index (χ2n) is 10.0. The normalized spacial score (nSPS) is 15.3. The molecule has 1 fully saturated rings. The molecule has 2 aliphatic heterocycles. The Morgan fingerprint density at radius 1 is 0.737 bits per heavy atom. The van der Waals surface area contributed by atoms with E-state index in [1.54, 1.807) is 6.07 Å². The van der Waals surface area contributed by atoms with Gasteiger partial charge in [-0.1, -0.05) is 72.8 Å². The molecular weight excluding hydrogens is 474 g/mol. The van der Waals surface area contributed by atoms with Crippen LogP contribution in [0.25, 0.3) is 10.8 Å². The highest BCUT2D eigenvalue weighted by Gasteiger charge is 2.39. The summed E-state index contributed by atoms with van der Waals surface area (Å²) in [6.45, 7) is 4.64. The summed E-state index contributed by atoms with van der Waals surface area (Å²) in [7, 11) is 0. The van der Waals surface area contributed by atoms with Crippen LogP contribution < -0.4 is 4.90 Å². The first-order chi connectivity index (χ1) is 18.5. The summed E-state index contributed by atoms with van der Waals surface area (Å²) in [5, 5.41) is 2.12. The first kappa shape index (κ1) is 23.9. The van der Waals surface area contributed by atoms with E-state index in [4.69, 9.17) is 0 Å². The molecule has 2 heterocycles. The topological polar surface area (TPSA) is 60.9 Å². The number of imide groups is 1. The van der Waals surface area contributed by atoms with Gasteiger partial charge in [0.1, 0.15) is 0 Å². The van der Waals surface area contributed by atoms with Crippen LogP contribution in [0.4, 0.5) is 5.69 Å². The second kappa shape index (κ2) is 9.78. The Hall–Kier alpha value is -4.45. The molecule has 6 rings (SSSR count). The van der Waals surface area contributed by atoms with Crippen LogP contribution >= 0.6 is 0 Å². The lowest BCUT2D eigenvalue weighted by Gasteiger charge is -2.37. The molecule has 2 aliphatic rings. The summed E-state index contributed by atoms with van der Waals surface area (Å²) >= 11 is 0. The molecule has 6 nitrogen and oxygen atoms in total. The van der Waals surface area contributed by atoms with Crippen molar-refractivity contribution in [3.8, 4) is 0 Å². The van der Waals surface area contributed by atoms with Crippen LogP contribution in [0.2, 0.25) is 0 Å². The van der Waals surface area contributed by atoms with Crippen molar-refractivity contribution in [2.75, 3.05) is 31.1 Å². The van der Waals surface area contributed by atoms with Crippen LogP contribution in [-0.2, 0) is 17.8 Å². The van der Waals surface area contributed by atoms with E-state index in [-0.39, 0.29) is 24.3 Å². The van der Waals surface area contributed by atoms with E-state index < -0.39 is 0 Å². The molecule has 190 valence electrons. The van der Waals surface area contributed by atoms with E-state index in [1.807, 2.05) is 90.7 Å². The number of aryl methyl sites for hydroxylation is 1. The zero-order valence-electron chi connectivity index (χ0n) is 21.4. The maximum absolute atomic E-state index is 13.6. The number of hydrogen-bond donors (Lipinski definition) is 0. The van der Waals surface area contributed by atoms with Gasteiger partial charge in [-0.2, -0.15) is 0 Å². The molecule has 0 spiro atoms. The number of hydrogen-bond acceptors (Lipinski definition) is 4. The molecule has 0 unspecified atom stereocenters. The van der Waals surface area contributed by atoms with Gasteiger partial charge < -0.3 is 9.80 Å². The predicted molar refractivity (Wildman–Crippen MR) is 148 cm³/mol. The van der Waals surface area contributed by atoms with Gasteiger partial charge in [-0.25, -0.2) is 0 Å². The molecule has 4 aromatic rings. The van der Waals surface area contributed by atoms with Gasteiger partial charge >= 0.3 is 0 Å². The summed E-state index contributed by atoms with van der Waals surface area (Å²) in [6, 6.07) is 27.4. The molecule has 38 heavy (non-hydrogen) atoms. The van der Waals surface area contributed by atoms with Crippen LogP contribution in [0.3, 0.4) is 0 Å². The molecule has 1 saturated heterocycles. The zero-order valence-corrected chi connectivity index (χ0v) is 21.4. The molecule has 0 bridgehead atoms. The smallest absolute Gasteiger partial charge is 0.263 e. The SMILES string of the molecule is Cc1ccccc1CC(=O)N1CCN(c2cccc3c2C(=O)N(Cc2cccc4ccccc24)C3=O)CC1. The van der Waals surface area contributed by atoms with Crippen LogP contribution in [-0.4, -0.2) is 53.7 Å². The lowest BCUT2D eigenvalue weighted by atomic mass is 10.0. The van der Waals surface area contributed by atoms with Crippen molar-refractivity contribution in [3.63, 3.8) is 0 Å². The van der Waals surface area contributed by atoms with Gasteiger partial charge in [0.05, 0.1) is 29.8 Å². The Bertz CT molecular complexity index is 1560. The fraction of sp³-hybridized carbons (Fsp3) is 0.219. The number of benzene rings is 4. The van der Waals surface area contributed by atoms with Crippen molar-refractivity contribution in [1.29, 1.82) is 0 Å². The lowest BCUT2D eigenvalue weighted by molar-refractivity contribution is -0.130. The van der Waals surface area contributed by atoms with Crippen LogP contribution in [0.5, 0.6) is 0 Å². The fourth-order valence-electron chi connectivity index (χ4n) is 5.60. The number of anilines is 1. The van der Waals surface area contributed by atoms with E-state index in [0.717, 1.165) is 33.2 Å². The van der Waals surface area contributed by atoms with Gasteiger partial charge in [0.15, 0.2) is 0 Å². The first-order valence-corrected chi connectivity index (χ1v) is 13.0. The number of nitrogens with zero attached hydrogens (tertiary/aromatic N) is 3. The minimum absolute atomic E-state index is 0.116. The fourth-order valence-corrected chi connectivity index (χ4v) is 5.60. The van der Waals surface area contributed by atoms with E-state index in [0.29, 0.717) is 43.7 Å². The van der Waals surface area contributed by atoms with Crippen molar-refractivity contribution in [2.24, 2.45) is 0 Å². The third-order valence-corrected chi connectivity index (χ3v) is 7.76. The molecule has 0 aliphatic carbocycles. The van der Waals surface area contributed by atoms with Crippen LogP contribution in [0.15, 0.2) is 84.9 Å². The highest BCUT2D eigenvalue weighted by Crippen LogP contribution is 2.34. The van der Waals surface area contributed by atoms with Crippen molar-refractivity contribution in [1.82, 2.24) is 9.80 Å². The molecule has 0 aromatic heterocycles. The van der Waals surface area contributed by atoms with Gasteiger partial charge in [0, 0.05) is 26.2 Å². The van der Waals surface area contributed by atoms with E-state index in [1.165, 1.54) is 4.90 Å². The van der Waals surface area contributed by atoms with Crippen molar-refractivity contribution < 1.29 is 14.4 Å².